The summed E-state index contributed by atoms with van der Waals surface area (Å²) >= 11 is 3.56. The molecular weight excluding hydrogens is 362 g/mol. The Morgan fingerprint density at radius 2 is 1.88 bits per heavy atom. The molecule has 0 radical (unpaired) electrons. The minimum atomic E-state index is -0.401. The van der Waals surface area contributed by atoms with Crippen LogP contribution in [0.3, 0.4) is 0 Å². The Labute approximate surface area is 162 Å². The van der Waals surface area contributed by atoms with Crippen LogP contribution in [0, 0.1) is 0 Å². The maximum atomic E-state index is 11.6. The number of hydroxylamine groups is 1. The van der Waals surface area contributed by atoms with Crippen LogP contribution in [0.4, 0.5) is 0 Å². The Bertz CT molecular complexity index is 833. The summed E-state index contributed by atoms with van der Waals surface area (Å²) in [5.41, 5.74) is 5.10. The van der Waals surface area contributed by atoms with Crippen LogP contribution in [0.25, 0.3) is 5.57 Å². The zero-order valence-electron chi connectivity index (χ0n) is 14.5. The second-order valence-corrected chi connectivity index (χ2v) is 8.77. The number of allylic oxidation sites excluding steroid dienone is 3. The molecule has 1 aliphatic rings. The van der Waals surface area contributed by atoms with Crippen molar-refractivity contribution in [3.8, 4) is 0 Å². The third-order valence-corrected chi connectivity index (χ3v) is 7.32. The lowest BCUT2D eigenvalue weighted by Crippen LogP contribution is -2.22. The van der Waals surface area contributed by atoms with Gasteiger partial charge in [-0.1, -0.05) is 66.8 Å². The van der Waals surface area contributed by atoms with E-state index in [1.54, 1.807) is 29.0 Å². The predicted molar refractivity (Wildman–Crippen MR) is 110 cm³/mol. The smallest absolute Gasteiger partial charge is 0.247 e. The summed E-state index contributed by atoms with van der Waals surface area (Å²) < 4.78 is -0.107. The summed E-state index contributed by atoms with van der Waals surface area (Å²) in [5, 5.41) is 8.81. The second kappa shape index (κ2) is 8.62. The summed E-state index contributed by atoms with van der Waals surface area (Å²) in [5.74, 6) is -0.401. The van der Waals surface area contributed by atoms with Crippen LogP contribution < -0.4 is 5.48 Å². The number of hydrogen-bond acceptors (Lipinski definition) is 4. The van der Waals surface area contributed by atoms with Crippen molar-refractivity contribution in [3.05, 3.63) is 84.0 Å². The fourth-order valence-electron chi connectivity index (χ4n) is 2.87. The molecule has 1 atom stereocenters. The monoisotopic (exact) mass is 383 g/mol. The molecule has 0 bridgehead atoms. The van der Waals surface area contributed by atoms with Crippen LogP contribution >= 0.6 is 23.5 Å². The van der Waals surface area contributed by atoms with Crippen molar-refractivity contribution < 1.29 is 10.0 Å². The summed E-state index contributed by atoms with van der Waals surface area (Å²) in [4.78, 5) is 12.6. The van der Waals surface area contributed by atoms with E-state index in [-0.39, 0.29) is 10.5 Å². The number of benzene rings is 2. The van der Waals surface area contributed by atoms with Crippen LogP contribution in [0.2, 0.25) is 0 Å². The summed E-state index contributed by atoms with van der Waals surface area (Å²) in [6.07, 6.45) is 9.90. The first-order valence-electron chi connectivity index (χ1n) is 8.35. The topological polar surface area (TPSA) is 49.3 Å². The predicted octanol–water partition coefficient (Wildman–Crippen LogP) is 4.93. The molecule has 1 amide bonds. The van der Waals surface area contributed by atoms with E-state index >= 15 is 0 Å². The molecule has 3 nitrogen and oxygen atoms in total. The van der Waals surface area contributed by atoms with Gasteiger partial charge in [0.15, 0.2) is 0 Å². The van der Waals surface area contributed by atoms with Crippen molar-refractivity contribution >= 4 is 35.0 Å². The number of amides is 1. The highest BCUT2D eigenvalue weighted by Gasteiger charge is 2.30. The van der Waals surface area contributed by atoms with Crippen molar-refractivity contribution in [2.45, 2.75) is 21.8 Å². The van der Waals surface area contributed by atoms with Gasteiger partial charge < -0.3 is 0 Å². The van der Waals surface area contributed by atoms with Gasteiger partial charge in [0.1, 0.15) is 0 Å². The third-order valence-electron chi connectivity index (χ3n) is 4.31. The lowest BCUT2D eigenvalue weighted by Gasteiger charge is -2.31. The minimum absolute atomic E-state index is 0.107. The Balaban J connectivity index is 1.80. The lowest BCUT2D eigenvalue weighted by atomic mass is 9.99. The van der Waals surface area contributed by atoms with Crippen molar-refractivity contribution in [1.29, 1.82) is 0 Å². The molecule has 134 valence electrons. The molecule has 2 aromatic rings. The quantitative estimate of drug-likeness (QED) is 0.422. The van der Waals surface area contributed by atoms with Crippen molar-refractivity contribution in [2.75, 3.05) is 6.26 Å². The fraction of sp³-hybridized carbons (Fsp3) is 0.190. The highest BCUT2D eigenvalue weighted by atomic mass is 32.2. The molecule has 1 aliphatic carbocycles. The van der Waals surface area contributed by atoms with Gasteiger partial charge in [0, 0.05) is 4.90 Å². The Kier molecular flexibility index (Phi) is 6.25. The second-order valence-electron chi connectivity index (χ2n) is 6.00. The number of rotatable bonds is 6. The van der Waals surface area contributed by atoms with Gasteiger partial charge in [-0.15, -0.1) is 23.5 Å². The number of carbonyl (C=O) groups excluding carboxylic acids is 1. The molecule has 0 saturated carbocycles. The zero-order valence-corrected chi connectivity index (χ0v) is 16.1. The van der Waals surface area contributed by atoms with E-state index in [4.69, 9.17) is 5.21 Å². The van der Waals surface area contributed by atoms with Gasteiger partial charge in [-0.25, -0.2) is 5.48 Å². The normalized spacial score (nSPS) is 19.1. The van der Waals surface area contributed by atoms with E-state index in [9.17, 15) is 4.79 Å². The SMILES string of the molecule is CSC1(Sc2ccccc2CC(=O)NO)C=CC(c2ccccc2)=CC1. The van der Waals surface area contributed by atoms with Gasteiger partial charge >= 0.3 is 0 Å². The van der Waals surface area contributed by atoms with E-state index in [1.807, 2.05) is 30.3 Å². The van der Waals surface area contributed by atoms with E-state index in [0.717, 1.165) is 16.9 Å². The van der Waals surface area contributed by atoms with Gasteiger partial charge in [0.25, 0.3) is 0 Å². The number of nitrogens with one attached hydrogen (secondary N) is 1. The molecule has 0 aromatic heterocycles. The van der Waals surface area contributed by atoms with Crippen molar-refractivity contribution in [3.63, 3.8) is 0 Å². The van der Waals surface area contributed by atoms with Gasteiger partial charge in [-0.3, -0.25) is 10.0 Å². The first-order valence-corrected chi connectivity index (χ1v) is 10.4. The standard InChI is InChI=1S/C21H21NO2S2/c1-25-21(13-11-17(12-14-21)16-7-3-2-4-8-16)26-19-10-6-5-9-18(19)15-20(23)22-24/h2-13,24H,14-15H2,1H3,(H,22,23). The van der Waals surface area contributed by atoms with Crippen LogP contribution in [0.5, 0.6) is 0 Å². The number of thioether (sulfide) groups is 2. The first kappa shape index (κ1) is 18.8. The molecule has 2 aromatic carbocycles. The zero-order chi connectivity index (χ0) is 18.4. The maximum Gasteiger partial charge on any atom is 0.247 e. The molecule has 1 unspecified atom stereocenters. The highest BCUT2D eigenvalue weighted by Crippen LogP contribution is 2.48. The van der Waals surface area contributed by atoms with Crippen molar-refractivity contribution in [2.24, 2.45) is 0 Å². The van der Waals surface area contributed by atoms with Gasteiger partial charge in [0.2, 0.25) is 5.91 Å². The third kappa shape index (κ3) is 4.41. The fourth-order valence-corrected chi connectivity index (χ4v) is 5.02. The van der Waals surface area contributed by atoms with E-state index in [1.165, 1.54) is 11.1 Å². The maximum absolute atomic E-state index is 11.6. The number of hydrogen-bond donors (Lipinski definition) is 2. The molecule has 0 saturated heterocycles. The van der Waals surface area contributed by atoms with E-state index in [0.29, 0.717) is 0 Å². The van der Waals surface area contributed by atoms with Crippen molar-refractivity contribution in [1.82, 2.24) is 5.48 Å². The molecular formula is C21H21NO2S2. The van der Waals surface area contributed by atoms with Gasteiger partial charge in [-0.05, 0) is 35.4 Å². The summed E-state index contributed by atoms with van der Waals surface area (Å²) in [6.45, 7) is 0. The average Bonchev–Trinajstić information content (AvgIpc) is 2.70. The largest absolute Gasteiger partial charge is 0.289 e. The highest BCUT2D eigenvalue weighted by molar-refractivity contribution is 8.18. The van der Waals surface area contributed by atoms with E-state index in [2.05, 4.69) is 48.7 Å². The molecule has 0 fully saturated rings. The molecule has 2 N–H and O–H groups in total. The molecule has 0 aliphatic heterocycles. The number of carbonyl (C=O) groups is 1. The molecule has 0 heterocycles. The molecule has 5 heteroatoms. The minimum Gasteiger partial charge on any atom is -0.289 e. The summed E-state index contributed by atoms with van der Waals surface area (Å²) in [6, 6.07) is 18.2. The van der Waals surface area contributed by atoms with Crippen LogP contribution in [0.15, 0.2) is 77.7 Å². The summed E-state index contributed by atoms with van der Waals surface area (Å²) in [7, 11) is 0. The van der Waals surface area contributed by atoms with Gasteiger partial charge in [0.05, 0.1) is 10.5 Å². The van der Waals surface area contributed by atoms with Gasteiger partial charge in [-0.2, -0.15) is 0 Å². The van der Waals surface area contributed by atoms with E-state index < -0.39 is 5.91 Å². The lowest BCUT2D eigenvalue weighted by molar-refractivity contribution is -0.128. The van der Waals surface area contributed by atoms with Crippen LogP contribution in [0.1, 0.15) is 17.5 Å². The van der Waals surface area contributed by atoms with Crippen LogP contribution in [-0.4, -0.2) is 21.4 Å². The van der Waals surface area contributed by atoms with Crippen LogP contribution in [-0.2, 0) is 11.2 Å². The molecule has 26 heavy (non-hydrogen) atoms. The Hall–Kier alpha value is -1.95. The molecule has 3 rings (SSSR count). The Morgan fingerprint density at radius 3 is 2.54 bits per heavy atom. The Morgan fingerprint density at radius 1 is 1.15 bits per heavy atom. The average molecular weight is 384 g/mol. The first-order chi connectivity index (χ1) is 12.7. The molecule has 0 spiro atoms.